The first-order chi connectivity index (χ1) is 21.5. The highest BCUT2D eigenvalue weighted by molar-refractivity contribution is 7.98. The second kappa shape index (κ2) is 16.1. The number of esters is 1. The highest BCUT2D eigenvalue weighted by atomic mass is 32.2. The molecule has 0 bridgehead atoms. The molecular weight excluding hydrogens is 612 g/mol. The summed E-state index contributed by atoms with van der Waals surface area (Å²) in [6, 6.07) is 11.3. The number of imidazole rings is 1. The number of aryl methyl sites for hydroxylation is 3. The summed E-state index contributed by atoms with van der Waals surface area (Å²) >= 11 is 3.08. The molecule has 0 radical (unpaired) electrons. The third-order valence-corrected chi connectivity index (χ3v) is 8.58. The second-order valence-corrected chi connectivity index (χ2v) is 13.7. The molecule has 0 aliphatic rings. The van der Waals surface area contributed by atoms with Crippen LogP contribution in [0.15, 0.2) is 66.6 Å². The fraction of sp³-hybridized carbons (Fsp3) is 0.412. The third kappa shape index (κ3) is 10.2. The Labute approximate surface area is 272 Å². The molecule has 8 nitrogen and oxygen atoms in total. The van der Waals surface area contributed by atoms with Crippen molar-refractivity contribution >= 4 is 35.0 Å². The van der Waals surface area contributed by atoms with Gasteiger partial charge in [0, 0.05) is 42.5 Å². The zero-order valence-corrected chi connectivity index (χ0v) is 28.1. The molecule has 45 heavy (non-hydrogen) atoms. The Morgan fingerprint density at radius 2 is 1.89 bits per heavy atom. The third-order valence-electron chi connectivity index (χ3n) is 7.12. The summed E-state index contributed by atoms with van der Waals surface area (Å²) in [6.07, 6.45) is 9.02. The van der Waals surface area contributed by atoms with Gasteiger partial charge in [0.2, 0.25) is 0 Å². The Bertz CT molecular complexity index is 1530. The minimum Gasteiger partial charge on any atom is -0.458 e. The van der Waals surface area contributed by atoms with Crippen LogP contribution >= 0.6 is 23.1 Å². The van der Waals surface area contributed by atoms with Crippen LogP contribution in [-0.4, -0.2) is 56.7 Å². The average molecular weight is 653 g/mol. The molecule has 4 aromatic rings. The van der Waals surface area contributed by atoms with Crippen molar-refractivity contribution < 1.29 is 23.5 Å². The van der Waals surface area contributed by atoms with E-state index in [9.17, 15) is 14.0 Å². The molecular formula is C34H41FN4O4S2. The van der Waals surface area contributed by atoms with Gasteiger partial charge in [-0.05, 0) is 86.9 Å². The quantitative estimate of drug-likeness (QED) is 0.150. The van der Waals surface area contributed by atoms with Crippen molar-refractivity contribution in [1.29, 1.82) is 0 Å². The van der Waals surface area contributed by atoms with Crippen molar-refractivity contribution in [3.05, 3.63) is 105 Å². The van der Waals surface area contributed by atoms with Crippen LogP contribution in [0.2, 0.25) is 0 Å². The minimum atomic E-state index is -0.803. The molecule has 1 N–H and O–H groups in total. The highest BCUT2D eigenvalue weighted by Crippen LogP contribution is 2.30. The second-order valence-electron chi connectivity index (χ2n) is 11.8. The number of halogens is 1. The van der Waals surface area contributed by atoms with Crippen molar-refractivity contribution in [2.45, 2.75) is 64.2 Å². The number of hydrogen-bond acceptors (Lipinski definition) is 8. The minimum absolute atomic E-state index is 0.293. The van der Waals surface area contributed by atoms with Gasteiger partial charge in [-0.25, -0.2) is 19.2 Å². The number of aromatic nitrogens is 3. The standard InChI is InChI=1S/C34H41FN4O4S2/c1-34(2,3)43-33(41)29(15-18-44-5)38-31(40)28-20-25(11-10-24(28)9-6-23-7-12-26(35)13-8-23)30(32-37-16-19-45-32)42-17-14-27-21-36-22-39(27)4/h7-8,10-13,16,19-22,29-30H,6,9,14-15,17-18H2,1-5H3,(H,38,40)/t29-,30?/m0/s1. The Morgan fingerprint density at radius 1 is 1.11 bits per heavy atom. The summed E-state index contributed by atoms with van der Waals surface area (Å²) in [4.78, 5) is 35.8. The molecule has 11 heteroatoms. The summed E-state index contributed by atoms with van der Waals surface area (Å²) in [5.74, 6) is -0.444. The smallest absolute Gasteiger partial charge is 0.329 e. The summed E-state index contributed by atoms with van der Waals surface area (Å²) in [6.45, 7) is 5.85. The fourth-order valence-corrected chi connectivity index (χ4v) is 5.97. The molecule has 1 unspecified atom stereocenters. The average Bonchev–Trinajstić information content (AvgIpc) is 3.68. The Balaban J connectivity index is 1.64. The van der Waals surface area contributed by atoms with Crippen LogP contribution in [0.1, 0.15) is 71.0 Å². The molecule has 2 aromatic carbocycles. The van der Waals surface area contributed by atoms with E-state index in [1.54, 1.807) is 36.4 Å². The molecule has 0 spiro atoms. The molecule has 0 aliphatic carbocycles. The SMILES string of the molecule is CSCC[C@H](NC(=O)c1cc(C(OCCc2cncn2C)c2nccs2)ccc1CCc1ccc(F)cc1)C(=O)OC(C)(C)C. The summed E-state index contributed by atoms with van der Waals surface area (Å²) < 4.78 is 27.5. The Kier molecular flexibility index (Phi) is 12.3. The van der Waals surface area contributed by atoms with Gasteiger partial charge in [0.05, 0.1) is 12.9 Å². The number of thiazole rings is 1. The largest absolute Gasteiger partial charge is 0.458 e. The zero-order valence-electron chi connectivity index (χ0n) is 26.4. The van der Waals surface area contributed by atoms with Crippen LogP contribution in [-0.2, 0) is 40.6 Å². The number of amides is 1. The lowest BCUT2D eigenvalue weighted by atomic mass is 9.95. The Morgan fingerprint density at radius 3 is 2.53 bits per heavy atom. The first-order valence-corrected chi connectivity index (χ1v) is 17.2. The van der Waals surface area contributed by atoms with E-state index in [0.717, 1.165) is 27.4 Å². The lowest BCUT2D eigenvalue weighted by Gasteiger charge is -2.25. The van der Waals surface area contributed by atoms with E-state index in [4.69, 9.17) is 9.47 Å². The fourth-order valence-electron chi connectivity index (χ4n) is 4.79. The number of ether oxygens (including phenoxy) is 2. The summed E-state index contributed by atoms with van der Waals surface area (Å²) in [5, 5.41) is 5.64. The predicted octanol–water partition coefficient (Wildman–Crippen LogP) is 6.34. The van der Waals surface area contributed by atoms with Crippen LogP contribution in [0.3, 0.4) is 0 Å². The van der Waals surface area contributed by atoms with Gasteiger partial charge in [0.15, 0.2) is 0 Å². The van der Waals surface area contributed by atoms with Crippen LogP contribution in [0.25, 0.3) is 0 Å². The number of rotatable bonds is 15. The van der Waals surface area contributed by atoms with Crippen LogP contribution in [0, 0.1) is 5.82 Å². The van der Waals surface area contributed by atoms with Crippen LogP contribution in [0.5, 0.6) is 0 Å². The zero-order chi connectivity index (χ0) is 32.4. The molecule has 1 amide bonds. The van der Waals surface area contributed by atoms with Gasteiger partial charge >= 0.3 is 5.97 Å². The maximum absolute atomic E-state index is 14.0. The molecule has 0 aliphatic heterocycles. The van der Waals surface area contributed by atoms with E-state index in [1.165, 1.54) is 23.5 Å². The van der Waals surface area contributed by atoms with Gasteiger partial charge < -0.3 is 19.4 Å². The van der Waals surface area contributed by atoms with E-state index in [0.29, 0.717) is 43.6 Å². The number of carbonyl (C=O) groups is 2. The van der Waals surface area contributed by atoms with E-state index < -0.39 is 23.7 Å². The van der Waals surface area contributed by atoms with Crippen molar-refractivity contribution in [1.82, 2.24) is 19.9 Å². The number of hydrogen-bond donors (Lipinski definition) is 1. The van der Waals surface area contributed by atoms with Crippen LogP contribution < -0.4 is 5.32 Å². The first kappa shape index (κ1) is 34.3. The van der Waals surface area contributed by atoms with Gasteiger partial charge in [-0.3, -0.25) is 4.79 Å². The molecule has 0 fully saturated rings. The molecule has 0 saturated heterocycles. The molecule has 0 saturated carbocycles. The predicted molar refractivity (Wildman–Crippen MR) is 177 cm³/mol. The Hall–Kier alpha value is -3.54. The number of nitrogens with zero attached hydrogens (tertiary/aromatic N) is 3. The summed E-state index contributed by atoms with van der Waals surface area (Å²) in [7, 11) is 1.94. The molecule has 2 aromatic heterocycles. The summed E-state index contributed by atoms with van der Waals surface area (Å²) in [5.41, 5.74) is 3.35. The maximum Gasteiger partial charge on any atom is 0.329 e. The monoisotopic (exact) mass is 652 g/mol. The number of nitrogens with one attached hydrogen (secondary N) is 1. The first-order valence-electron chi connectivity index (χ1n) is 14.9. The molecule has 2 heterocycles. The van der Waals surface area contributed by atoms with Gasteiger partial charge in [0.1, 0.15) is 28.6 Å². The van der Waals surface area contributed by atoms with Crippen LogP contribution in [0.4, 0.5) is 4.39 Å². The molecule has 2 atom stereocenters. The van der Waals surface area contributed by atoms with Crippen molar-refractivity contribution in [2.24, 2.45) is 7.05 Å². The van der Waals surface area contributed by atoms with Crippen molar-refractivity contribution in [3.8, 4) is 0 Å². The maximum atomic E-state index is 14.0. The molecule has 4 rings (SSSR count). The lowest BCUT2D eigenvalue weighted by molar-refractivity contribution is -0.157. The van der Waals surface area contributed by atoms with E-state index in [2.05, 4.69) is 15.3 Å². The number of thioether (sulfide) groups is 1. The van der Waals surface area contributed by atoms with E-state index >= 15 is 0 Å². The highest BCUT2D eigenvalue weighted by Gasteiger charge is 2.28. The number of carbonyl (C=O) groups excluding carboxylic acids is 2. The van der Waals surface area contributed by atoms with Gasteiger partial charge in [-0.15, -0.1) is 11.3 Å². The van der Waals surface area contributed by atoms with Gasteiger partial charge in [-0.2, -0.15) is 11.8 Å². The van der Waals surface area contributed by atoms with Crippen molar-refractivity contribution in [2.75, 3.05) is 18.6 Å². The normalized spacial score (nSPS) is 12.9. The van der Waals surface area contributed by atoms with E-state index in [1.807, 2.05) is 68.4 Å². The lowest BCUT2D eigenvalue weighted by Crippen LogP contribution is -2.44. The van der Waals surface area contributed by atoms with Crippen molar-refractivity contribution in [3.63, 3.8) is 0 Å². The van der Waals surface area contributed by atoms with E-state index in [-0.39, 0.29) is 11.7 Å². The van der Waals surface area contributed by atoms with Gasteiger partial charge in [-0.1, -0.05) is 24.3 Å². The number of benzene rings is 2. The molecule has 240 valence electrons. The topological polar surface area (TPSA) is 95.3 Å². The van der Waals surface area contributed by atoms with Gasteiger partial charge in [0.25, 0.3) is 5.91 Å².